The quantitative estimate of drug-likeness (QED) is 0.537. The number of aromatic carboxylic acids is 1. The van der Waals surface area contributed by atoms with Crippen LogP contribution in [0.2, 0.25) is 0 Å². The summed E-state index contributed by atoms with van der Waals surface area (Å²) in [4.78, 5) is 21.3. The van der Waals surface area contributed by atoms with E-state index in [0.29, 0.717) is 0 Å². The molecule has 0 spiro atoms. The number of rotatable bonds is 3. The second kappa shape index (κ2) is 4.99. The number of carboxylic acid groups (broad SMARTS) is 1. The van der Waals surface area contributed by atoms with E-state index in [4.69, 9.17) is 4.74 Å². The van der Waals surface area contributed by atoms with E-state index in [2.05, 4.69) is 4.74 Å². The number of benzene rings is 1. The van der Waals surface area contributed by atoms with Crippen LogP contribution in [0, 0.1) is 0 Å². The van der Waals surface area contributed by atoms with E-state index in [1.165, 1.54) is 24.3 Å². The fraction of sp³-hybridized carbons (Fsp3) is 0.200. The lowest BCUT2D eigenvalue weighted by molar-refractivity contribution is -0.255. The lowest BCUT2D eigenvalue weighted by Crippen LogP contribution is -2.22. The maximum atomic E-state index is 10.9. The van der Waals surface area contributed by atoms with E-state index in [9.17, 15) is 14.7 Å². The van der Waals surface area contributed by atoms with Crippen LogP contribution in [0.3, 0.4) is 0 Å². The fourth-order valence-electron chi connectivity index (χ4n) is 0.903. The summed E-state index contributed by atoms with van der Waals surface area (Å²) in [5, 5.41) is 10.4. The zero-order valence-electron chi connectivity index (χ0n) is 8.06. The van der Waals surface area contributed by atoms with Gasteiger partial charge in [-0.1, -0.05) is 0 Å². The van der Waals surface area contributed by atoms with E-state index < -0.39 is 12.1 Å². The number of ether oxygens (including phenoxy) is 2. The summed E-state index contributed by atoms with van der Waals surface area (Å²) in [5.41, 5.74) is 0.0196. The summed E-state index contributed by atoms with van der Waals surface area (Å²) in [5.74, 6) is -1.06. The normalized spacial score (nSPS) is 9.40. The molecule has 0 amide bonds. The van der Waals surface area contributed by atoms with Gasteiger partial charge in [0.05, 0.1) is 12.6 Å². The van der Waals surface area contributed by atoms with Crippen LogP contribution in [0.4, 0.5) is 4.79 Å². The van der Waals surface area contributed by atoms with Gasteiger partial charge >= 0.3 is 6.16 Å². The summed E-state index contributed by atoms with van der Waals surface area (Å²) in [6.45, 7) is 1.87. The molecule has 0 aliphatic rings. The number of carboxylic acids is 1. The molecule has 0 heterocycles. The van der Waals surface area contributed by atoms with Gasteiger partial charge in [0.15, 0.2) is 0 Å². The lowest BCUT2D eigenvalue weighted by atomic mass is 10.2. The van der Waals surface area contributed by atoms with E-state index in [1.54, 1.807) is 6.92 Å². The molecule has 0 aliphatic heterocycles. The van der Waals surface area contributed by atoms with Gasteiger partial charge in [-0.15, -0.1) is 0 Å². The van der Waals surface area contributed by atoms with Crippen LogP contribution < -0.4 is 9.84 Å². The average Bonchev–Trinajstić information content (AvgIpc) is 2.18. The molecule has 0 aromatic heterocycles. The first-order valence-electron chi connectivity index (χ1n) is 4.29. The van der Waals surface area contributed by atoms with Crippen molar-refractivity contribution in [3.05, 3.63) is 29.8 Å². The van der Waals surface area contributed by atoms with Crippen LogP contribution in [0.15, 0.2) is 24.3 Å². The van der Waals surface area contributed by atoms with Crippen molar-refractivity contribution in [2.75, 3.05) is 6.61 Å². The van der Waals surface area contributed by atoms with Gasteiger partial charge in [0.25, 0.3) is 0 Å². The van der Waals surface area contributed by atoms with Gasteiger partial charge in [-0.05, 0) is 36.8 Å². The molecule has 0 fully saturated rings. The Morgan fingerprint density at radius 1 is 1.27 bits per heavy atom. The number of carbonyl (C=O) groups is 2. The first-order valence-corrected chi connectivity index (χ1v) is 4.29. The first-order chi connectivity index (χ1) is 7.13. The largest absolute Gasteiger partial charge is 0.545 e. The minimum atomic E-state index is -1.28. The van der Waals surface area contributed by atoms with Crippen molar-refractivity contribution in [2.45, 2.75) is 6.92 Å². The van der Waals surface area contributed by atoms with Crippen molar-refractivity contribution < 1.29 is 24.2 Å². The zero-order chi connectivity index (χ0) is 11.3. The first kappa shape index (κ1) is 11.0. The third-order valence-corrected chi connectivity index (χ3v) is 1.55. The summed E-state index contributed by atoms with van der Waals surface area (Å²) in [6, 6.07) is 5.26. The average molecular weight is 209 g/mol. The molecular weight excluding hydrogens is 200 g/mol. The van der Waals surface area contributed by atoms with Crippen molar-refractivity contribution in [2.24, 2.45) is 0 Å². The minimum Gasteiger partial charge on any atom is -0.545 e. The molecule has 0 bridgehead atoms. The summed E-state index contributed by atoms with van der Waals surface area (Å²) in [7, 11) is 0. The number of carbonyl (C=O) groups excluding carboxylic acids is 2. The van der Waals surface area contributed by atoms with Crippen LogP contribution in [0.25, 0.3) is 0 Å². The maximum Gasteiger partial charge on any atom is 0.513 e. The molecule has 0 unspecified atom stereocenters. The van der Waals surface area contributed by atoms with Gasteiger partial charge in [0.1, 0.15) is 5.75 Å². The predicted molar refractivity (Wildman–Crippen MR) is 48.4 cm³/mol. The van der Waals surface area contributed by atoms with Crippen LogP contribution in [-0.2, 0) is 4.74 Å². The molecule has 0 N–H and O–H groups in total. The molecule has 0 aliphatic carbocycles. The Balaban J connectivity index is 2.64. The smallest absolute Gasteiger partial charge is 0.513 e. The van der Waals surface area contributed by atoms with Crippen molar-refractivity contribution in [3.8, 4) is 5.75 Å². The predicted octanol–water partition coefficient (Wildman–Crippen LogP) is 0.585. The fourth-order valence-corrected chi connectivity index (χ4v) is 0.903. The lowest BCUT2D eigenvalue weighted by Gasteiger charge is -2.05. The highest BCUT2D eigenvalue weighted by atomic mass is 16.7. The highest BCUT2D eigenvalue weighted by Gasteiger charge is 2.04. The molecule has 1 rings (SSSR count). The molecule has 1 aromatic rings. The number of hydrogen-bond acceptors (Lipinski definition) is 5. The Labute approximate surface area is 86.2 Å². The maximum absolute atomic E-state index is 10.9. The topological polar surface area (TPSA) is 75.7 Å². The third kappa shape index (κ3) is 3.30. The molecule has 5 nitrogen and oxygen atoms in total. The van der Waals surface area contributed by atoms with Gasteiger partial charge in [-0.25, -0.2) is 4.79 Å². The Morgan fingerprint density at radius 2 is 1.87 bits per heavy atom. The third-order valence-electron chi connectivity index (χ3n) is 1.55. The van der Waals surface area contributed by atoms with Crippen molar-refractivity contribution in [1.82, 2.24) is 0 Å². The second-order valence-corrected chi connectivity index (χ2v) is 2.60. The van der Waals surface area contributed by atoms with Crippen LogP contribution in [0.5, 0.6) is 5.75 Å². The minimum absolute atomic E-state index is 0.0196. The van der Waals surface area contributed by atoms with Gasteiger partial charge in [0, 0.05) is 0 Å². The molecule has 0 radical (unpaired) electrons. The van der Waals surface area contributed by atoms with Gasteiger partial charge < -0.3 is 19.4 Å². The Bertz CT molecular complexity index is 355. The van der Waals surface area contributed by atoms with Gasteiger partial charge in [0.2, 0.25) is 0 Å². The Kier molecular flexibility index (Phi) is 3.68. The number of hydrogen-bond donors (Lipinski definition) is 0. The molecule has 5 heteroatoms. The van der Waals surface area contributed by atoms with E-state index >= 15 is 0 Å². The zero-order valence-corrected chi connectivity index (χ0v) is 8.06. The van der Waals surface area contributed by atoms with Crippen LogP contribution in [0.1, 0.15) is 17.3 Å². The molecule has 80 valence electrons. The van der Waals surface area contributed by atoms with Gasteiger partial charge in [-0.3, -0.25) is 0 Å². The second-order valence-electron chi connectivity index (χ2n) is 2.60. The molecule has 0 saturated heterocycles. The monoisotopic (exact) mass is 209 g/mol. The molecule has 1 aromatic carbocycles. The van der Waals surface area contributed by atoms with Crippen LogP contribution in [-0.4, -0.2) is 18.7 Å². The standard InChI is InChI=1S/C10H10O5/c1-2-14-10(13)15-8-5-3-7(4-6-8)9(11)12/h3-6H,2H2,1H3,(H,11,12)/p-1. The Hall–Kier alpha value is -2.04. The van der Waals surface area contributed by atoms with Crippen molar-refractivity contribution in [1.29, 1.82) is 0 Å². The highest BCUT2D eigenvalue weighted by molar-refractivity contribution is 5.85. The highest BCUT2D eigenvalue weighted by Crippen LogP contribution is 2.12. The summed E-state index contributed by atoms with van der Waals surface area (Å²) in [6.07, 6.45) is -0.821. The van der Waals surface area contributed by atoms with Gasteiger partial charge in [-0.2, -0.15) is 0 Å². The van der Waals surface area contributed by atoms with Crippen LogP contribution >= 0.6 is 0 Å². The molecular formula is C10H9O5-. The molecule has 0 saturated carbocycles. The SMILES string of the molecule is CCOC(=O)Oc1ccc(C(=O)[O-])cc1. The molecule has 15 heavy (non-hydrogen) atoms. The van der Waals surface area contributed by atoms with E-state index in [0.717, 1.165) is 0 Å². The summed E-state index contributed by atoms with van der Waals surface area (Å²) >= 11 is 0. The van der Waals surface area contributed by atoms with E-state index in [1.807, 2.05) is 0 Å². The Morgan fingerprint density at radius 3 is 2.33 bits per heavy atom. The van der Waals surface area contributed by atoms with Crippen molar-refractivity contribution >= 4 is 12.1 Å². The summed E-state index contributed by atoms with van der Waals surface area (Å²) < 4.78 is 9.25. The van der Waals surface area contributed by atoms with Crippen molar-refractivity contribution in [3.63, 3.8) is 0 Å². The van der Waals surface area contributed by atoms with E-state index in [-0.39, 0.29) is 17.9 Å². The molecule has 0 atom stereocenters.